The summed E-state index contributed by atoms with van der Waals surface area (Å²) >= 11 is 0. The summed E-state index contributed by atoms with van der Waals surface area (Å²) in [4.78, 5) is 23.3. The number of hydrogen-bond donors (Lipinski definition) is 3. The molecule has 2 amide bonds. The minimum atomic E-state index is -0.106. The van der Waals surface area contributed by atoms with Crippen LogP contribution in [0.15, 0.2) is 24.3 Å². The van der Waals surface area contributed by atoms with E-state index in [9.17, 15) is 9.59 Å². The van der Waals surface area contributed by atoms with Crippen LogP contribution in [0.5, 0.6) is 0 Å². The monoisotopic (exact) mass is 277 g/mol. The molecule has 3 N–H and O–H groups in total. The van der Waals surface area contributed by atoms with Gasteiger partial charge in [0.15, 0.2) is 0 Å². The molecule has 0 fully saturated rings. The van der Waals surface area contributed by atoms with Crippen molar-refractivity contribution in [3.63, 3.8) is 0 Å². The molecule has 5 nitrogen and oxygen atoms in total. The van der Waals surface area contributed by atoms with Crippen LogP contribution in [0, 0.1) is 5.92 Å². The van der Waals surface area contributed by atoms with Crippen LogP contribution in [0.4, 0.5) is 11.4 Å². The largest absolute Gasteiger partial charge is 0.326 e. The smallest absolute Gasteiger partial charge is 0.238 e. The van der Waals surface area contributed by atoms with Crippen LogP contribution >= 0.6 is 0 Å². The maximum Gasteiger partial charge on any atom is 0.238 e. The van der Waals surface area contributed by atoms with Crippen molar-refractivity contribution in [3.05, 3.63) is 24.3 Å². The molecule has 0 bridgehead atoms. The zero-order chi connectivity index (χ0) is 15.1. The Morgan fingerprint density at radius 3 is 2.20 bits per heavy atom. The average molecular weight is 277 g/mol. The van der Waals surface area contributed by atoms with E-state index in [1.54, 1.807) is 24.3 Å². The fourth-order valence-electron chi connectivity index (χ4n) is 1.46. The molecule has 110 valence electrons. The highest BCUT2D eigenvalue weighted by Gasteiger charge is 2.08. The van der Waals surface area contributed by atoms with Gasteiger partial charge in [-0.05, 0) is 18.2 Å². The van der Waals surface area contributed by atoms with E-state index in [-0.39, 0.29) is 30.3 Å². The van der Waals surface area contributed by atoms with Gasteiger partial charge in [-0.2, -0.15) is 0 Å². The fourth-order valence-corrected chi connectivity index (χ4v) is 1.46. The molecule has 1 aromatic rings. The predicted molar refractivity (Wildman–Crippen MR) is 81.7 cm³/mol. The third-order valence-corrected chi connectivity index (χ3v) is 2.61. The Hall–Kier alpha value is -1.88. The van der Waals surface area contributed by atoms with Crippen molar-refractivity contribution in [3.8, 4) is 0 Å². The summed E-state index contributed by atoms with van der Waals surface area (Å²) in [6.07, 6.45) is 0. The predicted octanol–water partition coefficient (Wildman–Crippen LogP) is 2.22. The zero-order valence-electron chi connectivity index (χ0n) is 12.5. The average Bonchev–Trinajstić information content (AvgIpc) is 2.36. The van der Waals surface area contributed by atoms with Gasteiger partial charge >= 0.3 is 0 Å². The van der Waals surface area contributed by atoms with Gasteiger partial charge in [0.05, 0.1) is 6.54 Å². The number of rotatable bonds is 6. The van der Waals surface area contributed by atoms with Crippen molar-refractivity contribution in [1.29, 1.82) is 0 Å². The first-order valence-electron chi connectivity index (χ1n) is 6.82. The van der Waals surface area contributed by atoms with Crippen molar-refractivity contribution < 1.29 is 9.59 Å². The van der Waals surface area contributed by atoms with E-state index in [0.717, 1.165) is 0 Å². The molecule has 1 rings (SSSR count). The summed E-state index contributed by atoms with van der Waals surface area (Å²) in [5.41, 5.74) is 1.35. The number of benzene rings is 1. The molecule has 0 aliphatic carbocycles. The molecule has 0 aromatic heterocycles. The quantitative estimate of drug-likeness (QED) is 0.746. The number of carbonyl (C=O) groups excluding carboxylic acids is 2. The molecule has 5 heteroatoms. The number of nitrogens with one attached hydrogen (secondary N) is 3. The highest BCUT2D eigenvalue weighted by Crippen LogP contribution is 2.15. The van der Waals surface area contributed by atoms with Crippen molar-refractivity contribution in [1.82, 2.24) is 5.32 Å². The Labute approximate surface area is 120 Å². The van der Waals surface area contributed by atoms with Crippen LogP contribution in [0.3, 0.4) is 0 Å². The van der Waals surface area contributed by atoms with Crippen LogP contribution in [0.25, 0.3) is 0 Å². The second-order valence-electron chi connectivity index (χ2n) is 5.31. The van der Waals surface area contributed by atoms with Crippen molar-refractivity contribution in [2.24, 2.45) is 5.92 Å². The molecule has 0 aliphatic heterocycles. The highest BCUT2D eigenvalue weighted by atomic mass is 16.2. The minimum absolute atomic E-state index is 0.0463. The van der Waals surface area contributed by atoms with Gasteiger partial charge in [0, 0.05) is 23.3 Å². The maximum absolute atomic E-state index is 11.7. The zero-order valence-corrected chi connectivity index (χ0v) is 12.5. The Morgan fingerprint density at radius 2 is 1.65 bits per heavy atom. The van der Waals surface area contributed by atoms with E-state index in [1.807, 2.05) is 27.7 Å². The van der Waals surface area contributed by atoms with Gasteiger partial charge in [0.1, 0.15) is 0 Å². The Bertz CT molecular complexity index is 470. The third-order valence-electron chi connectivity index (χ3n) is 2.61. The lowest BCUT2D eigenvalue weighted by Crippen LogP contribution is -2.32. The molecular weight excluding hydrogens is 254 g/mol. The van der Waals surface area contributed by atoms with E-state index in [0.29, 0.717) is 11.4 Å². The van der Waals surface area contributed by atoms with Gasteiger partial charge in [-0.25, -0.2) is 0 Å². The van der Waals surface area contributed by atoms with Gasteiger partial charge in [0.2, 0.25) is 11.8 Å². The van der Waals surface area contributed by atoms with Crippen LogP contribution in [0.2, 0.25) is 0 Å². The van der Waals surface area contributed by atoms with Gasteiger partial charge in [0.25, 0.3) is 0 Å². The van der Waals surface area contributed by atoms with Crippen molar-refractivity contribution in [2.75, 3.05) is 17.2 Å². The van der Waals surface area contributed by atoms with Crippen LogP contribution in [-0.4, -0.2) is 24.4 Å². The van der Waals surface area contributed by atoms with Gasteiger partial charge in [-0.1, -0.05) is 33.8 Å². The number of hydrogen-bond acceptors (Lipinski definition) is 3. The Balaban J connectivity index is 2.59. The summed E-state index contributed by atoms with van der Waals surface area (Å²) in [7, 11) is 0. The van der Waals surface area contributed by atoms with E-state index < -0.39 is 0 Å². The highest BCUT2D eigenvalue weighted by molar-refractivity contribution is 5.95. The maximum atomic E-state index is 11.7. The molecule has 0 saturated carbocycles. The first-order chi connectivity index (χ1) is 9.38. The lowest BCUT2D eigenvalue weighted by atomic mass is 10.2. The van der Waals surface area contributed by atoms with Crippen molar-refractivity contribution in [2.45, 2.75) is 33.7 Å². The van der Waals surface area contributed by atoms with Crippen molar-refractivity contribution >= 4 is 23.2 Å². The summed E-state index contributed by atoms with van der Waals surface area (Å²) in [6.45, 7) is 7.89. The third kappa shape index (κ3) is 5.84. The molecule has 0 unspecified atom stereocenters. The Kier molecular flexibility index (Phi) is 6.18. The van der Waals surface area contributed by atoms with Gasteiger partial charge < -0.3 is 16.0 Å². The van der Waals surface area contributed by atoms with Crippen LogP contribution in [-0.2, 0) is 9.59 Å². The lowest BCUT2D eigenvalue weighted by Gasteiger charge is -2.11. The van der Waals surface area contributed by atoms with E-state index in [1.165, 1.54) is 0 Å². The second kappa shape index (κ2) is 7.65. The molecule has 20 heavy (non-hydrogen) atoms. The van der Waals surface area contributed by atoms with E-state index in [2.05, 4.69) is 16.0 Å². The van der Waals surface area contributed by atoms with Crippen LogP contribution < -0.4 is 16.0 Å². The molecule has 0 heterocycles. The summed E-state index contributed by atoms with van der Waals surface area (Å²) < 4.78 is 0. The first-order valence-corrected chi connectivity index (χ1v) is 6.82. The minimum Gasteiger partial charge on any atom is -0.326 e. The SMILES string of the molecule is CC(C)NCC(=O)Nc1cccc(NC(=O)C(C)C)c1. The summed E-state index contributed by atoms with van der Waals surface area (Å²) in [5.74, 6) is -0.232. The van der Waals surface area contributed by atoms with Crippen LogP contribution in [0.1, 0.15) is 27.7 Å². The summed E-state index contributed by atoms with van der Waals surface area (Å²) in [6, 6.07) is 7.38. The standard InChI is InChI=1S/C15H23N3O2/c1-10(2)15(20)18-13-7-5-6-12(8-13)17-14(19)9-16-11(3)4/h5-8,10-11,16H,9H2,1-4H3,(H,17,19)(H,18,20). The fraction of sp³-hybridized carbons (Fsp3) is 0.467. The molecule has 0 radical (unpaired) electrons. The normalized spacial score (nSPS) is 10.7. The van der Waals surface area contributed by atoms with E-state index >= 15 is 0 Å². The van der Waals surface area contributed by atoms with E-state index in [4.69, 9.17) is 0 Å². The van der Waals surface area contributed by atoms with Gasteiger partial charge in [-0.15, -0.1) is 0 Å². The molecule has 1 aromatic carbocycles. The first kappa shape index (κ1) is 16.2. The lowest BCUT2D eigenvalue weighted by molar-refractivity contribution is -0.119. The second-order valence-corrected chi connectivity index (χ2v) is 5.31. The molecule has 0 aliphatic rings. The Morgan fingerprint density at radius 1 is 1.05 bits per heavy atom. The molecule has 0 saturated heterocycles. The topological polar surface area (TPSA) is 70.2 Å². The number of amides is 2. The molecular formula is C15H23N3O2. The number of carbonyl (C=O) groups is 2. The van der Waals surface area contributed by atoms with Gasteiger partial charge in [-0.3, -0.25) is 9.59 Å². The summed E-state index contributed by atoms with van der Waals surface area (Å²) in [5, 5.41) is 8.63. The molecule has 0 spiro atoms. The molecule has 0 atom stereocenters. The number of anilines is 2.